The minimum absolute atomic E-state index is 0.196. The number of methoxy groups -OCH3 is 1. The highest BCUT2D eigenvalue weighted by Crippen LogP contribution is 2.30. The monoisotopic (exact) mass is 486 g/mol. The van der Waals surface area contributed by atoms with Gasteiger partial charge in [-0.05, 0) is 29.8 Å². The number of aryl methyl sites for hydroxylation is 1. The number of amides is 1. The summed E-state index contributed by atoms with van der Waals surface area (Å²) >= 11 is 6.34. The predicted octanol–water partition coefficient (Wildman–Crippen LogP) is 4.81. The molecule has 3 aromatic carbocycles. The number of nitrogens with zero attached hydrogens (tertiary/aromatic N) is 4. The molecule has 0 aliphatic rings. The van der Waals surface area contributed by atoms with E-state index in [1.54, 1.807) is 30.1 Å². The lowest BCUT2D eigenvalue weighted by Gasteiger charge is -2.18. The van der Waals surface area contributed by atoms with Crippen molar-refractivity contribution in [3.05, 3.63) is 99.4 Å². The fourth-order valence-electron chi connectivity index (χ4n) is 4.40. The number of hydrogen-bond donors (Lipinski definition) is 0. The zero-order valence-electron chi connectivity index (χ0n) is 19.5. The average Bonchev–Trinajstić information content (AvgIpc) is 3.17. The predicted molar refractivity (Wildman–Crippen MR) is 138 cm³/mol. The summed E-state index contributed by atoms with van der Waals surface area (Å²) in [5, 5.41) is 6.26. The first-order chi connectivity index (χ1) is 16.9. The first-order valence-corrected chi connectivity index (χ1v) is 11.4. The van der Waals surface area contributed by atoms with Gasteiger partial charge >= 0.3 is 0 Å². The summed E-state index contributed by atoms with van der Waals surface area (Å²) in [6.07, 6.45) is 0. The molecule has 0 saturated heterocycles. The van der Waals surface area contributed by atoms with Crippen LogP contribution in [0.25, 0.3) is 27.5 Å². The van der Waals surface area contributed by atoms with Crippen molar-refractivity contribution >= 4 is 39.3 Å². The molecule has 0 spiro atoms. The maximum absolute atomic E-state index is 13.8. The maximum Gasteiger partial charge on any atom is 0.296 e. The van der Waals surface area contributed by atoms with Gasteiger partial charge in [0.15, 0.2) is 5.69 Å². The van der Waals surface area contributed by atoms with E-state index in [4.69, 9.17) is 16.3 Å². The van der Waals surface area contributed by atoms with Crippen LogP contribution >= 0.6 is 11.6 Å². The van der Waals surface area contributed by atoms with E-state index in [0.29, 0.717) is 33.9 Å². The van der Waals surface area contributed by atoms with Crippen molar-refractivity contribution < 1.29 is 9.53 Å². The molecule has 2 heterocycles. The van der Waals surface area contributed by atoms with Crippen molar-refractivity contribution in [2.24, 2.45) is 7.05 Å². The van der Waals surface area contributed by atoms with Crippen LogP contribution in [0, 0.1) is 0 Å². The molecule has 0 atom stereocenters. The third-order valence-corrected chi connectivity index (χ3v) is 6.43. The Morgan fingerprint density at radius 1 is 1.06 bits per heavy atom. The highest BCUT2D eigenvalue weighted by Gasteiger charge is 2.25. The molecule has 2 aromatic heterocycles. The molecule has 0 N–H and O–H groups in total. The Balaban J connectivity index is 1.76. The maximum atomic E-state index is 13.8. The molecule has 1 amide bonds. The number of carbonyl (C=O) groups is 1. The zero-order chi connectivity index (χ0) is 24.7. The van der Waals surface area contributed by atoms with Gasteiger partial charge in [-0.2, -0.15) is 9.78 Å². The fourth-order valence-corrected chi connectivity index (χ4v) is 4.65. The number of ether oxygens (including phenoxy) is 1. The number of para-hydroxylation sites is 1. The first kappa shape index (κ1) is 22.7. The molecule has 0 fully saturated rings. The van der Waals surface area contributed by atoms with E-state index in [0.717, 1.165) is 16.5 Å². The van der Waals surface area contributed by atoms with Crippen molar-refractivity contribution in [1.82, 2.24) is 19.2 Å². The highest BCUT2D eigenvalue weighted by molar-refractivity contribution is 6.32. The summed E-state index contributed by atoms with van der Waals surface area (Å²) in [4.78, 5) is 29.1. The van der Waals surface area contributed by atoms with Gasteiger partial charge in [-0.15, -0.1) is 0 Å². The molecule has 0 aliphatic heterocycles. The number of aromatic nitrogens is 3. The van der Waals surface area contributed by atoms with Crippen LogP contribution in [0.1, 0.15) is 16.1 Å². The van der Waals surface area contributed by atoms with Crippen molar-refractivity contribution in [3.8, 4) is 11.4 Å². The first-order valence-electron chi connectivity index (χ1n) is 11.0. The van der Waals surface area contributed by atoms with Crippen molar-refractivity contribution in [2.45, 2.75) is 6.54 Å². The quantitative estimate of drug-likeness (QED) is 0.357. The summed E-state index contributed by atoms with van der Waals surface area (Å²) < 4.78 is 8.28. The smallest absolute Gasteiger partial charge is 0.296 e. The number of hydrogen-bond acceptors (Lipinski definition) is 4. The Morgan fingerprint density at radius 3 is 2.49 bits per heavy atom. The van der Waals surface area contributed by atoms with Gasteiger partial charge in [0.1, 0.15) is 11.3 Å². The van der Waals surface area contributed by atoms with E-state index in [2.05, 4.69) is 5.10 Å². The molecular weight excluding hydrogens is 464 g/mol. The van der Waals surface area contributed by atoms with Crippen LogP contribution in [0.15, 0.2) is 77.6 Å². The number of fused-ring (bicyclic) bond motifs is 3. The number of rotatable bonds is 5. The standard InChI is InChI=1S/C27H23ClN4O3/c1-30(16-17-9-5-4-6-10-17)26(33)24-23-19-11-7-8-12-21(19)31(2)25(23)27(34)32(29-24)18-13-14-22(35-3)20(28)15-18/h4-15H,16H2,1-3H3. The second-order valence-electron chi connectivity index (χ2n) is 8.33. The third-order valence-electron chi connectivity index (χ3n) is 6.13. The van der Waals surface area contributed by atoms with Gasteiger partial charge in [-0.25, -0.2) is 0 Å². The average molecular weight is 487 g/mol. The van der Waals surface area contributed by atoms with Gasteiger partial charge in [-0.1, -0.05) is 60.1 Å². The lowest BCUT2D eigenvalue weighted by Crippen LogP contribution is -2.31. The molecule has 176 valence electrons. The largest absolute Gasteiger partial charge is 0.495 e. The van der Waals surface area contributed by atoms with Crippen LogP contribution in [0.5, 0.6) is 5.75 Å². The third kappa shape index (κ3) is 3.84. The summed E-state index contributed by atoms with van der Waals surface area (Å²) in [6.45, 7) is 0.404. The van der Waals surface area contributed by atoms with Gasteiger partial charge in [-0.3, -0.25) is 9.59 Å². The van der Waals surface area contributed by atoms with E-state index in [-0.39, 0.29) is 17.2 Å². The number of carbonyl (C=O) groups excluding carboxylic acids is 1. The fraction of sp³-hybridized carbons (Fsp3) is 0.148. The second-order valence-corrected chi connectivity index (χ2v) is 8.74. The highest BCUT2D eigenvalue weighted by atomic mass is 35.5. The lowest BCUT2D eigenvalue weighted by atomic mass is 10.1. The van der Waals surface area contributed by atoms with E-state index in [9.17, 15) is 9.59 Å². The Morgan fingerprint density at radius 2 is 1.77 bits per heavy atom. The van der Waals surface area contributed by atoms with E-state index < -0.39 is 0 Å². The van der Waals surface area contributed by atoms with Crippen molar-refractivity contribution in [2.75, 3.05) is 14.2 Å². The minimum atomic E-state index is -0.345. The van der Waals surface area contributed by atoms with Gasteiger partial charge in [0.05, 0.1) is 17.8 Å². The SMILES string of the molecule is COc1ccc(-n2nc(C(=O)N(C)Cc3ccccc3)c3c4ccccc4n(C)c3c2=O)cc1Cl. The molecule has 0 aliphatic carbocycles. The van der Waals surface area contributed by atoms with Gasteiger partial charge < -0.3 is 14.2 Å². The molecule has 0 saturated carbocycles. The topological polar surface area (TPSA) is 69.4 Å². The van der Waals surface area contributed by atoms with Crippen LogP contribution in [-0.2, 0) is 13.6 Å². The molecule has 35 heavy (non-hydrogen) atoms. The summed E-state index contributed by atoms with van der Waals surface area (Å²) in [5.41, 5.74) is 2.51. The molecule has 8 heteroatoms. The van der Waals surface area contributed by atoms with Gasteiger partial charge in [0.25, 0.3) is 11.5 Å². The van der Waals surface area contributed by atoms with E-state index in [1.807, 2.05) is 66.2 Å². The van der Waals surface area contributed by atoms with Crippen LogP contribution in [-0.4, -0.2) is 39.3 Å². The molecule has 5 rings (SSSR count). The van der Waals surface area contributed by atoms with Crippen LogP contribution in [0.4, 0.5) is 0 Å². The van der Waals surface area contributed by atoms with Crippen LogP contribution < -0.4 is 10.3 Å². The Hall–Kier alpha value is -4.10. The lowest BCUT2D eigenvalue weighted by molar-refractivity contribution is 0.0779. The summed E-state index contributed by atoms with van der Waals surface area (Å²) in [5.74, 6) is 0.191. The van der Waals surface area contributed by atoms with E-state index in [1.165, 1.54) is 11.8 Å². The Kier molecular flexibility index (Phi) is 5.78. The molecule has 7 nitrogen and oxygen atoms in total. The molecule has 5 aromatic rings. The molecular formula is C27H23ClN4O3. The Labute approximate surface area is 206 Å². The van der Waals surface area contributed by atoms with Crippen molar-refractivity contribution in [1.29, 1.82) is 0 Å². The normalized spacial score (nSPS) is 11.2. The van der Waals surface area contributed by atoms with Gasteiger partial charge in [0.2, 0.25) is 0 Å². The summed E-state index contributed by atoms with van der Waals surface area (Å²) in [7, 11) is 5.07. The minimum Gasteiger partial charge on any atom is -0.495 e. The van der Waals surface area contributed by atoms with Gasteiger partial charge in [0, 0.05) is 36.9 Å². The molecule has 0 radical (unpaired) electrons. The summed E-state index contributed by atoms with van der Waals surface area (Å²) in [6, 6.07) is 22.3. The molecule has 0 unspecified atom stereocenters. The van der Waals surface area contributed by atoms with E-state index >= 15 is 0 Å². The number of benzene rings is 3. The van der Waals surface area contributed by atoms with Crippen LogP contribution in [0.3, 0.4) is 0 Å². The van der Waals surface area contributed by atoms with Crippen molar-refractivity contribution in [3.63, 3.8) is 0 Å². The Bertz CT molecular complexity index is 1640. The molecule has 0 bridgehead atoms. The zero-order valence-corrected chi connectivity index (χ0v) is 20.3. The number of halogens is 1. The second kappa shape index (κ2) is 8.92. The van der Waals surface area contributed by atoms with Crippen LogP contribution in [0.2, 0.25) is 5.02 Å².